The number of ether oxygens (including phenoxy) is 1. The molecule has 2 aromatic heterocycles. The van der Waals surface area contributed by atoms with Crippen molar-refractivity contribution < 1.29 is 27.8 Å². The Balaban J connectivity index is 2.08. The molecule has 1 amide bonds. The van der Waals surface area contributed by atoms with Crippen molar-refractivity contribution in [2.24, 2.45) is 0 Å². The van der Waals surface area contributed by atoms with E-state index in [-0.39, 0.29) is 24.8 Å². The highest BCUT2D eigenvalue weighted by Gasteiger charge is 2.31. The quantitative estimate of drug-likeness (QED) is 0.529. The zero-order valence-electron chi connectivity index (χ0n) is 16.6. The van der Waals surface area contributed by atoms with Gasteiger partial charge in [-0.05, 0) is 36.4 Å². The SMILES string of the molecule is C=CC(=O)NCc1nn(-c2ccc(OC(F)(F)F)cc2)c2nccc(N(C)CCO)c12. The predicted octanol–water partition coefficient (Wildman–Crippen LogP) is 2.55. The van der Waals surface area contributed by atoms with Crippen molar-refractivity contribution in [3.63, 3.8) is 0 Å². The van der Waals surface area contributed by atoms with E-state index in [9.17, 15) is 23.1 Å². The van der Waals surface area contributed by atoms with Gasteiger partial charge in [0.2, 0.25) is 5.91 Å². The first kappa shape index (κ1) is 22.1. The topological polar surface area (TPSA) is 92.5 Å². The van der Waals surface area contributed by atoms with Crippen LogP contribution in [0.2, 0.25) is 0 Å². The number of likely N-dealkylation sites (N-methyl/N-ethyl adjacent to an activating group) is 1. The van der Waals surface area contributed by atoms with E-state index in [2.05, 4.69) is 26.7 Å². The molecular formula is C20H20F3N5O3. The number of aliphatic hydroxyl groups excluding tert-OH is 1. The summed E-state index contributed by atoms with van der Waals surface area (Å²) in [7, 11) is 1.79. The van der Waals surface area contributed by atoms with Crippen LogP contribution in [0.3, 0.4) is 0 Å². The second-order valence-corrected chi connectivity index (χ2v) is 6.50. The Morgan fingerprint density at radius 3 is 2.65 bits per heavy atom. The molecule has 0 aliphatic heterocycles. The lowest BCUT2D eigenvalue weighted by Crippen LogP contribution is -2.23. The van der Waals surface area contributed by atoms with Gasteiger partial charge >= 0.3 is 6.36 Å². The van der Waals surface area contributed by atoms with Crippen LogP contribution in [0.1, 0.15) is 5.69 Å². The minimum absolute atomic E-state index is 0.0718. The maximum absolute atomic E-state index is 12.4. The van der Waals surface area contributed by atoms with Gasteiger partial charge in [-0.3, -0.25) is 4.79 Å². The normalized spacial score (nSPS) is 11.4. The van der Waals surface area contributed by atoms with E-state index >= 15 is 0 Å². The fourth-order valence-electron chi connectivity index (χ4n) is 3.02. The number of benzene rings is 1. The first-order valence-electron chi connectivity index (χ1n) is 9.18. The van der Waals surface area contributed by atoms with Crippen molar-refractivity contribution in [3.8, 4) is 11.4 Å². The molecule has 2 heterocycles. The molecule has 31 heavy (non-hydrogen) atoms. The Labute approximate surface area is 175 Å². The molecule has 0 aliphatic rings. The number of halogens is 3. The number of hydrogen-bond donors (Lipinski definition) is 2. The van der Waals surface area contributed by atoms with Gasteiger partial charge in [0.1, 0.15) is 5.75 Å². The lowest BCUT2D eigenvalue weighted by molar-refractivity contribution is -0.274. The third kappa shape index (κ3) is 5.12. The zero-order chi connectivity index (χ0) is 22.6. The molecule has 0 atom stereocenters. The molecule has 0 bridgehead atoms. The predicted molar refractivity (Wildman–Crippen MR) is 108 cm³/mol. The van der Waals surface area contributed by atoms with Crippen molar-refractivity contribution in [1.29, 1.82) is 0 Å². The van der Waals surface area contributed by atoms with Crippen LogP contribution in [0.5, 0.6) is 5.75 Å². The van der Waals surface area contributed by atoms with Crippen LogP contribution in [-0.4, -0.2) is 52.3 Å². The van der Waals surface area contributed by atoms with Gasteiger partial charge in [-0.1, -0.05) is 6.58 Å². The number of carbonyl (C=O) groups is 1. The van der Waals surface area contributed by atoms with E-state index in [0.29, 0.717) is 29.0 Å². The average Bonchev–Trinajstić information content (AvgIpc) is 3.10. The summed E-state index contributed by atoms with van der Waals surface area (Å²) < 4.78 is 42.7. The van der Waals surface area contributed by atoms with Crippen LogP contribution in [-0.2, 0) is 11.3 Å². The Kier molecular flexibility index (Phi) is 6.44. The van der Waals surface area contributed by atoms with E-state index in [0.717, 1.165) is 11.8 Å². The lowest BCUT2D eigenvalue weighted by atomic mass is 10.2. The molecule has 0 aliphatic carbocycles. The van der Waals surface area contributed by atoms with Crippen molar-refractivity contribution in [1.82, 2.24) is 20.1 Å². The van der Waals surface area contributed by atoms with Crippen LogP contribution < -0.4 is 15.0 Å². The summed E-state index contributed by atoms with van der Waals surface area (Å²) in [6.45, 7) is 3.77. The molecule has 0 spiro atoms. The van der Waals surface area contributed by atoms with E-state index < -0.39 is 6.36 Å². The fourth-order valence-corrected chi connectivity index (χ4v) is 3.02. The number of alkyl halides is 3. The van der Waals surface area contributed by atoms with Gasteiger partial charge in [0.05, 0.1) is 35.6 Å². The molecule has 3 aromatic rings. The highest BCUT2D eigenvalue weighted by molar-refractivity contribution is 5.93. The van der Waals surface area contributed by atoms with Gasteiger partial charge in [-0.25, -0.2) is 9.67 Å². The number of carbonyl (C=O) groups excluding carboxylic acids is 1. The summed E-state index contributed by atoms with van der Waals surface area (Å²) in [5.74, 6) is -0.743. The van der Waals surface area contributed by atoms with Crippen LogP contribution in [0.4, 0.5) is 18.9 Å². The molecule has 0 saturated heterocycles. The lowest BCUT2D eigenvalue weighted by Gasteiger charge is -2.19. The summed E-state index contributed by atoms with van der Waals surface area (Å²) in [6.07, 6.45) is -2.09. The van der Waals surface area contributed by atoms with Gasteiger partial charge in [-0.2, -0.15) is 5.10 Å². The van der Waals surface area contributed by atoms with Gasteiger partial charge in [-0.15, -0.1) is 13.2 Å². The zero-order valence-corrected chi connectivity index (χ0v) is 16.6. The van der Waals surface area contributed by atoms with Gasteiger partial charge in [0, 0.05) is 19.8 Å². The average molecular weight is 435 g/mol. The number of aromatic nitrogens is 3. The van der Waals surface area contributed by atoms with Gasteiger partial charge < -0.3 is 20.1 Å². The minimum atomic E-state index is -4.79. The molecule has 1 aromatic carbocycles. The molecule has 0 fully saturated rings. The number of amides is 1. The Hall–Kier alpha value is -3.60. The molecule has 2 N–H and O–H groups in total. The smallest absolute Gasteiger partial charge is 0.406 e. The maximum Gasteiger partial charge on any atom is 0.573 e. The number of rotatable bonds is 8. The number of anilines is 1. The molecule has 8 nitrogen and oxygen atoms in total. The van der Waals surface area contributed by atoms with Crippen LogP contribution >= 0.6 is 0 Å². The van der Waals surface area contributed by atoms with E-state index in [1.165, 1.54) is 28.9 Å². The number of aliphatic hydroxyl groups is 1. The van der Waals surface area contributed by atoms with E-state index in [4.69, 9.17) is 0 Å². The molecule has 0 unspecified atom stereocenters. The fraction of sp³-hybridized carbons (Fsp3) is 0.250. The second kappa shape index (κ2) is 9.04. The first-order chi connectivity index (χ1) is 14.7. The van der Waals surface area contributed by atoms with Crippen molar-refractivity contribution in [3.05, 3.63) is 54.9 Å². The molecule has 164 valence electrons. The monoisotopic (exact) mass is 435 g/mol. The second-order valence-electron chi connectivity index (χ2n) is 6.50. The summed E-state index contributed by atoms with van der Waals surface area (Å²) in [4.78, 5) is 17.8. The maximum atomic E-state index is 12.4. The number of hydrogen-bond acceptors (Lipinski definition) is 6. The number of fused-ring (bicyclic) bond motifs is 1. The van der Waals surface area contributed by atoms with Crippen LogP contribution in [0.15, 0.2) is 49.2 Å². The summed E-state index contributed by atoms with van der Waals surface area (Å²) in [6, 6.07) is 6.95. The summed E-state index contributed by atoms with van der Waals surface area (Å²) in [5, 5.41) is 17.1. The molecule has 0 saturated carbocycles. The first-order valence-corrected chi connectivity index (χ1v) is 9.18. The highest BCUT2D eigenvalue weighted by atomic mass is 19.4. The molecule has 11 heteroatoms. The van der Waals surface area contributed by atoms with Crippen LogP contribution in [0, 0.1) is 0 Å². The van der Waals surface area contributed by atoms with Crippen molar-refractivity contribution >= 4 is 22.6 Å². The Morgan fingerprint density at radius 2 is 2.03 bits per heavy atom. The van der Waals surface area contributed by atoms with E-state index in [1.807, 2.05) is 4.90 Å². The van der Waals surface area contributed by atoms with Crippen molar-refractivity contribution in [2.45, 2.75) is 12.9 Å². The Morgan fingerprint density at radius 1 is 1.32 bits per heavy atom. The number of nitrogens with one attached hydrogen (secondary N) is 1. The molecule has 0 radical (unpaired) electrons. The summed E-state index contributed by atoms with van der Waals surface area (Å²) in [5.41, 5.74) is 2.11. The number of nitrogens with zero attached hydrogens (tertiary/aromatic N) is 4. The third-order valence-corrected chi connectivity index (χ3v) is 4.40. The Bertz CT molecular complexity index is 1080. The van der Waals surface area contributed by atoms with Gasteiger partial charge in [0.15, 0.2) is 5.65 Å². The molecular weight excluding hydrogens is 415 g/mol. The number of pyridine rings is 1. The third-order valence-electron chi connectivity index (χ3n) is 4.40. The standard InChI is InChI=1S/C20H20F3N5O3/c1-3-17(30)25-12-15-18-16(27(2)10-11-29)8-9-24-19(18)28(26-15)13-4-6-14(7-5-13)31-20(21,22)23/h3-9,29H,1,10-12H2,2H3,(H,25,30). The highest BCUT2D eigenvalue weighted by Crippen LogP contribution is 2.30. The van der Waals surface area contributed by atoms with Crippen LogP contribution in [0.25, 0.3) is 16.7 Å². The molecule has 3 rings (SSSR count). The minimum Gasteiger partial charge on any atom is -0.406 e. The van der Waals surface area contributed by atoms with E-state index in [1.54, 1.807) is 19.3 Å². The van der Waals surface area contributed by atoms with Gasteiger partial charge in [0.25, 0.3) is 0 Å². The van der Waals surface area contributed by atoms with Crippen molar-refractivity contribution in [2.75, 3.05) is 25.1 Å². The summed E-state index contributed by atoms with van der Waals surface area (Å²) >= 11 is 0. The largest absolute Gasteiger partial charge is 0.573 e.